The maximum Gasteiger partial charge on any atom is 0.337 e. The van der Waals surface area contributed by atoms with Crippen molar-refractivity contribution in [1.82, 2.24) is 4.57 Å². The van der Waals surface area contributed by atoms with Crippen LogP contribution < -0.4 is 5.32 Å². The van der Waals surface area contributed by atoms with Gasteiger partial charge in [0.2, 0.25) is 0 Å². The van der Waals surface area contributed by atoms with E-state index in [1.165, 1.54) is 12.1 Å². The van der Waals surface area contributed by atoms with E-state index in [1.807, 2.05) is 55.7 Å². The predicted octanol–water partition coefficient (Wildman–Crippen LogP) is 5.30. The van der Waals surface area contributed by atoms with Crippen molar-refractivity contribution in [2.24, 2.45) is 0 Å². The molecule has 2 aromatic carbocycles. The maximum atomic E-state index is 12.6. The molecule has 0 fully saturated rings. The van der Waals surface area contributed by atoms with Crippen molar-refractivity contribution in [1.29, 1.82) is 5.26 Å². The molecule has 1 heterocycles. The second-order valence-electron chi connectivity index (χ2n) is 7.12. The van der Waals surface area contributed by atoms with Crippen LogP contribution in [-0.4, -0.2) is 21.6 Å². The highest BCUT2D eigenvalue weighted by Crippen LogP contribution is 2.26. The molecular formula is C24H20ClN3O3. The lowest BCUT2D eigenvalue weighted by molar-refractivity contribution is -0.112. The molecule has 0 bridgehead atoms. The summed E-state index contributed by atoms with van der Waals surface area (Å²) < 4.78 is 1.89. The number of benzene rings is 2. The van der Waals surface area contributed by atoms with Crippen molar-refractivity contribution < 1.29 is 14.7 Å². The first-order valence-corrected chi connectivity index (χ1v) is 9.81. The van der Waals surface area contributed by atoms with Crippen LogP contribution in [0.2, 0.25) is 5.02 Å². The van der Waals surface area contributed by atoms with E-state index in [-0.39, 0.29) is 16.2 Å². The van der Waals surface area contributed by atoms with E-state index in [0.717, 1.165) is 17.0 Å². The summed E-state index contributed by atoms with van der Waals surface area (Å²) in [5, 5.41) is 21.6. The molecule has 0 saturated heterocycles. The van der Waals surface area contributed by atoms with E-state index in [0.29, 0.717) is 16.9 Å². The summed E-state index contributed by atoms with van der Waals surface area (Å²) in [7, 11) is 0. The summed E-state index contributed by atoms with van der Waals surface area (Å²) in [6.45, 7) is 5.65. The Morgan fingerprint density at radius 3 is 2.48 bits per heavy atom. The third kappa shape index (κ3) is 4.68. The zero-order valence-corrected chi connectivity index (χ0v) is 18.0. The van der Waals surface area contributed by atoms with Gasteiger partial charge in [-0.1, -0.05) is 23.7 Å². The number of halogens is 1. The summed E-state index contributed by atoms with van der Waals surface area (Å²) in [6.07, 6.45) is 1.54. The number of amides is 1. The average molecular weight is 434 g/mol. The number of nitriles is 1. The van der Waals surface area contributed by atoms with Gasteiger partial charge in [-0.25, -0.2) is 4.79 Å². The van der Waals surface area contributed by atoms with Gasteiger partial charge in [-0.2, -0.15) is 5.26 Å². The van der Waals surface area contributed by atoms with Crippen LogP contribution in [0.3, 0.4) is 0 Å². The molecule has 0 aliphatic rings. The fourth-order valence-corrected chi connectivity index (χ4v) is 3.63. The lowest BCUT2D eigenvalue weighted by Crippen LogP contribution is -2.13. The van der Waals surface area contributed by atoms with Crippen LogP contribution in [0.25, 0.3) is 11.8 Å². The summed E-state index contributed by atoms with van der Waals surface area (Å²) in [5.41, 5.74) is 4.63. The molecule has 0 saturated carbocycles. The fourth-order valence-electron chi connectivity index (χ4n) is 3.37. The van der Waals surface area contributed by atoms with E-state index in [9.17, 15) is 20.0 Å². The number of carboxylic acid groups (broad SMARTS) is 1. The van der Waals surface area contributed by atoms with Crippen LogP contribution in [0.15, 0.2) is 54.1 Å². The van der Waals surface area contributed by atoms with Gasteiger partial charge in [0.05, 0.1) is 10.6 Å². The zero-order valence-electron chi connectivity index (χ0n) is 17.2. The van der Waals surface area contributed by atoms with Crippen molar-refractivity contribution in [2.75, 3.05) is 5.32 Å². The van der Waals surface area contributed by atoms with Crippen LogP contribution in [-0.2, 0) is 4.79 Å². The number of aromatic nitrogens is 1. The minimum atomic E-state index is -1.10. The number of carboxylic acids is 1. The number of anilines is 1. The molecule has 6 nitrogen and oxygen atoms in total. The van der Waals surface area contributed by atoms with Crippen LogP contribution in [0, 0.1) is 32.1 Å². The first-order valence-electron chi connectivity index (χ1n) is 9.43. The van der Waals surface area contributed by atoms with Gasteiger partial charge >= 0.3 is 5.97 Å². The first-order chi connectivity index (χ1) is 14.7. The number of nitrogens with zero attached hydrogens (tertiary/aromatic N) is 2. The number of nitrogens with one attached hydrogen (secondary N) is 1. The van der Waals surface area contributed by atoms with Gasteiger partial charge in [0, 0.05) is 22.8 Å². The molecule has 1 amide bonds. The Hall–Kier alpha value is -3.82. The number of aromatic carboxylic acids is 1. The molecule has 156 valence electrons. The first kappa shape index (κ1) is 21.9. The van der Waals surface area contributed by atoms with Crippen molar-refractivity contribution >= 4 is 35.2 Å². The van der Waals surface area contributed by atoms with E-state index in [1.54, 1.807) is 18.2 Å². The van der Waals surface area contributed by atoms with E-state index >= 15 is 0 Å². The lowest BCUT2D eigenvalue weighted by atomic mass is 10.1. The Morgan fingerprint density at radius 2 is 1.87 bits per heavy atom. The largest absolute Gasteiger partial charge is 0.478 e. The van der Waals surface area contributed by atoms with Crippen molar-refractivity contribution in [3.63, 3.8) is 0 Å². The molecule has 31 heavy (non-hydrogen) atoms. The van der Waals surface area contributed by atoms with Gasteiger partial charge in [-0.15, -0.1) is 0 Å². The van der Waals surface area contributed by atoms with Crippen LogP contribution in [0.1, 0.15) is 32.9 Å². The normalized spacial score (nSPS) is 11.1. The highest BCUT2D eigenvalue weighted by molar-refractivity contribution is 6.33. The molecule has 3 rings (SSSR count). The molecule has 7 heteroatoms. The zero-order chi connectivity index (χ0) is 22.7. The third-order valence-corrected chi connectivity index (χ3v) is 5.17. The summed E-state index contributed by atoms with van der Waals surface area (Å²) in [5.74, 6) is -1.59. The molecule has 3 aromatic rings. The molecule has 0 aliphatic heterocycles. The predicted molar refractivity (Wildman–Crippen MR) is 121 cm³/mol. The molecule has 1 aromatic heterocycles. The van der Waals surface area contributed by atoms with Gasteiger partial charge in [-0.05, 0) is 74.4 Å². The Kier molecular flexibility index (Phi) is 6.28. The summed E-state index contributed by atoms with van der Waals surface area (Å²) >= 11 is 6.12. The molecule has 0 atom stereocenters. The van der Waals surface area contributed by atoms with Gasteiger partial charge < -0.3 is 15.0 Å². The Morgan fingerprint density at radius 1 is 1.13 bits per heavy atom. The lowest BCUT2D eigenvalue weighted by Gasteiger charge is -2.11. The standard InChI is InChI=1S/C24H20ClN3O3/c1-14-5-4-6-19(9-14)27-23(29)18(13-26)11-17-10-15(2)28(16(17)3)20-7-8-21(24(30)31)22(25)12-20/h4-12H,1-3H3,(H,27,29)(H,30,31)/b18-11-. The molecule has 0 spiro atoms. The van der Waals surface area contributed by atoms with Gasteiger partial charge in [0.25, 0.3) is 5.91 Å². The second-order valence-corrected chi connectivity index (χ2v) is 7.53. The molecule has 0 radical (unpaired) electrons. The summed E-state index contributed by atoms with van der Waals surface area (Å²) in [4.78, 5) is 23.8. The molecule has 0 unspecified atom stereocenters. The molecule has 2 N–H and O–H groups in total. The van der Waals surface area contributed by atoms with Crippen molar-refractivity contribution in [2.45, 2.75) is 20.8 Å². The Balaban J connectivity index is 1.96. The highest BCUT2D eigenvalue weighted by Gasteiger charge is 2.16. The Bertz CT molecular complexity index is 1270. The number of rotatable bonds is 5. The quantitative estimate of drug-likeness (QED) is 0.421. The molecular weight excluding hydrogens is 414 g/mol. The molecule has 0 aliphatic carbocycles. The minimum Gasteiger partial charge on any atom is -0.478 e. The topological polar surface area (TPSA) is 95.1 Å². The monoisotopic (exact) mass is 433 g/mol. The van der Waals surface area contributed by atoms with E-state index in [4.69, 9.17) is 11.6 Å². The van der Waals surface area contributed by atoms with Crippen molar-refractivity contribution in [3.8, 4) is 11.8 Å². The van der Waals surface area contributed by atoms with Crippen LogP contribution >= 0.6 is 11.6 Å². The second kappa shape index (κ2) is 8.90. The van der Waals surface area contributed by atoms with Gasteiger partial charge in [0.15, 0.2) is 0 Å². The highest BCUT2D eigenvalue weighted by atomic mass is 35.5. The van der Waals surface area contributed by atoms with Gasteiger partial charge in [-0.3, -0.25) is 4.79 Å². The van der Waals surface area contributed by atoms with E-state index < -0.39 is 11.9 Å². The smallest absolute Gasteiger partial charge is 0.337 e. The fraction of sp³-hybridized carbons (Fsp3) is 0.125. The SMILES string of the molecule is Cc1cccc(NC(=O)/C(C#N)=C\c2cc(C)n(-c3ccc(C(=O)O)c(Cl)c3)c2C)c1. The number of hydrogen-bond donors (Lipinski definition) is 2. The maximum absolute atomic E-state index is 12.6. The van der Waals surface area contributed by atoms with Crippen LogP contribution in [0.4, 0.5) is 5.69 Å². The number of carbonyl (C=O) groups is 2. The number of carbonyl (C=O) groups excluding carboxylic acids is 1. The van der Waals surface area contributed by atoms with Crippen molar-refractivity contribution in [3.05, 3.63) is 87.2 Å². The third-order valence-electron chi connectivity index (χ3n) is 4.85. The van der Waals surface area contributed by atoms with E-state index in [2.05, 4.69) is 5.32 Å². The van der Waals surface area contributed by atoms with Crippen LogP contribution in [0.5, 0.6) is 0 Å². The summed E-state index contributed by atoms with van der Waals surface area (Å²) in [6, 6.07) is 15.8. The number of hydrogen-bond acceptors (Lipinski definition) is 3. The number of aryl methyl sites for hydroxylation is 2. The minimum absolute atomic E-state index is 0.0209. The average Bonchev–Trinajstić information content (AvgIpc) is 2.98. The van der Waals surface area contributed by atoms with Gasteiger partial charge in [0.1, 0.15) is 11.6 Å². The Labute approximate surface area is 185 Å².